The Labute approximate surface area is 126 Å². The monoisotopic (exact) mass is 284 g/mol. The maximum atomic E-state index is 11.5. The van der Waals surface area contributed by atoms with Gasteiger partial charge in [0.2, 0.25) is 0 Å². The number of hydrogen-bond acceptors (Lipinski definition) is 2. The molecule has 112 valence electrons. The van der Waals surface area contributed by atoms with Gasteiger partial charge in [-0.3, -0.25) is 0 Å². The number of fused-ring (bicyclic) bond motifs is 5. The molecule has 2 nitrogen and oxygen atoms in total. The normalized spacial score (nSPS) is 44.9. The maximum Gasteiger partial charge on any atom is 0.0933 e. The van der Waals surface area contributed by atoms with Crippen molar-refractivity contribution < 1.29 is 10.2 Å². The van der Waals surface area contributed by atoms with Crippen LogP contribution >= 0.6 is 0 Å². The fourth-order valence-electron chi connectivity index (χ4n) is 5.48. The summed E-state index contributed by atoms with van der Waals surface area (Å²) in [5.74, 6) is 0.454. The van der Waals surface area contributed by atoms with Crippen LogP contribution in [0.5, 0.6) is 0 Å². The van der Waals surface area contributed by atoms with Gasteiger partial charge in [-0.1, -0.05) is 43.3 Å². The van der Waals surface area contributed by atoms with E-state index < -0.39 is 5.60 Å². The molecule has 4 rings (SSSR count). The molecule has 0 radical (unpaired) electrons. The Balaban J connectivity index is 1.83. The number of aliphatic hydroxyl groups is 2. The Morgan fingerprint density at radius 2 is 2.00 bits per heavy atom. The predicted octanol–water partition coefficient (Wildman–Crippen LogP) is 3.17. The van der Waals surface area contributed by atoms with Gasteiger partial charge in [0.1, 0.15) is 0 Å². The highest BCUT2D eigenvalue weighted by molar-refractivity contribution is 5.39. The lowest BCUT2D eigenvalue weighted by Gasteiger charge is -2.54. The third-order valence-electron chi connectivity index (χ3n) is 6.64. The largest absolute Gasteiger partial charge is 0.392 e. The van der Waals surface area contributed by atoms with Crippen LogP contribution in [-0.2, 0) is 12.0 Å². The van der Waals surface area contributed by atoms with Crippen molar-refractivity contribution in [1.29, 1.82) is 0 Å². The Kier molecular flexibility index (Phi) is 2.71. The summed E-state index contributed by atoms with van der Waals surface area (Å²) in [4.78, 5) is 0. The van der Waals surface area contributed by atoms with E-state index in [1.165, 1.54) is 5.56 Å². The van der Waals surface area contributed by atoms with E-state index in [0.717, 1.165) is 36.8 Å². The van der Waals surface area contributed by atoms with Gasteiger partial charge in [-0.25, -0.2) is 0 Å². The molecule has 2 fully saturated rings. The summed E-state index contributed by atoms with van der Waals surface area (Å²) in [7, 11) is 0. The predicted molar refractivity (Wildman–Crippen MR) is 82.7 cm³/mol. The van der Waals surface area contributed by atoms with Crippen molar-refractivity contribution >= 4 is 0 Å². The summed E-state index contributed by atoms with van der Waals surface area (Å²) < 4.78 is 0. The first kappa shape index (κ1) is 13.5. The maximum absolute atomic E-state index is 11.5. The first-order valence-corrected chi connectivity index (χ1v) is 8.13. The molecule has 0 heterocycles. The number of benzene rings is 1. The third kappa shape index (κ3) is 1.61. The molecule has 3 aliphatic carbocycles. The SMILES string of the molecule is C=C1C[C@@H](O)[C@@]2(C)CC[C@]3(O)c4ccccc4CC[C@@H]3[C@H]12. The van der Waals surface area contributed by atoms with Crippen LogP contribution in [-0.4, -0.2) is 16.3 Å². The van der Waals surface area contributed by atoms with Gasteiger partial charge in [-0.05, 0) is 55.1 Å². The standard InChI is InChI=1S/C19H24O2/c1-12-11-16(20)18(2)9-10-19(21)14-6-4-3-5-13(14)7-8-15(19)17(12)18/h3-6,15-17,20-21H,1,7-11H2,2H3/t15-,16-,17+,18-,19+/m1/s1. The van der Waals surface area contributed by atoms with Crippen LogP contribution in [0.1, 0.15) is 43.7 Å². The highest BCUT2D eigenvalue weighted by Gasteiger charge is 2.60. The van der Waals surface area contributed by atoms with E-state index in [4.69, 9.17) is 0 Å². The van der Waals surface area contributed by atoms with Crippen molar-refractivity contribution in [3.05, 3.63) is 47.5 Å². The van der Waals surface area contributed by atoms with Gasteiger partial charge in [0.05, 0.1) is 11.7 Å². The van der Waals surface area contributed by atoms with Crippen molar-refractivity contribution in [2.24, 2.45) is 17.3 Å². The summed E-state index contributed by atoms with van der Waals surface area (Å²) in [6, 6.07) is 8.34. The van der Waals surface area contributed by atoms with Crippen molar-refractivity contribution in [1.82, 2.24) is 0 Å². The second kappa shape index (κ2) is 4.21. The fourth-order valence-corrected chi connectivity index (χ4v) is 5.48. The number of aryl methyl sites for hydroxylation is 1. The zero-order chi connectivity index (χ0) is 14.8. The van der Waals surface area contributed by atoms with Crippen LogP contribution in [0.4, 0.5) is 0 Å². The molecule has 3 aliphatic rings. The minimum Gasteiger partial charge on any atom is -0.392 e. The second-order valence-corrected chi connectivity index (χ2v) is 7.59. The van der Waals surface area contributed by atoms with Crippen molar-refractivity contribution in [3.63, 3.8) is 0 Å². The first-order chi connectivity index (χ1) is 9.97. The van der Waals surface area contributed by atoms with Gasteiger partial charge < -0.3 is 10.2 Å². The van der Waals surface area contributed by atoms with Gasteiger partial charge in [-0.2, -0.15) is 0 Å². The van der Waals surface area contributed by atoms with Crippen LogP contribution in [0.15, 0.2) is 36.4 Å². The van der Waals surface area contributed by atoms with Gasteiger partial charge in [0.25, 0.3) is 0 Å². The lowest BCUT2D eigenvalue weighted by Crippen LogP contribution is -2.53. The summed E-state index contributed by atoms with van der Waals surface area (Å²) in [6.45, 7) is 6.44. The second-order valence-electron chi connectivity index (χ2n) is 7.59. The average molecular weight is 284 g/mol. The van der Waals surface area contributed by atoms with Crippen LogP contribution in [0.25, 0.3) is 0 Å². The van der Waals surface area contributed by atoms with Gasteiger partial charge in [0, 0.05) is 5.41 Å². The molecule has 1 aromatic rings. The fraction of sp³-hybridized carbons (Fsp3) is 0.579. The summed E-state index contributed by atoms with van der Waals surface area (Å²) >= 11 is 0. The molecule has 0 spiro atoms. The molecule has 0 aromatic heterocycles. The Bertz CT molecular complexity index is 607. The van der Waals surface area contributed by atoms with E-state index in [2.05, 4.69) is 31.7 Å². The minimum atomic E-state index is -0.730. The molecule has 0 saturated heterocycles. The van der Waals surface area contributed by atoms with E-state index >= 15 is 0 Å². The average Bonchev–Trinajstić information content (AvgIpc) is 2.70. The molecule has 21 heavy (non-hydrogen) atoms. The van der Waals surface area contributed by atoms with E-state index in [-0.39, 0.29) is 23.4 Å². The lowest BCUT2D eigenvalue weighted by atomic mass is 9.53. The Hall–Kier alpha value is -1.12. The van der Waals surface area contributed by atoms with E-state index in [1.54, 1.807) is 0 Å². The molecular formula is C19H24O2. The van der Waals surface area contributed by atoms with Crippen molar-refractivity contribution in [3.8, 4) is 0 Å². The number of hydrogen-bond donors (Lipinski definition) is 2. The highest BCUT2D eigenvalue weighted by atomic mass is 16.3. The minimum absolute atomic E-state index is 0.0970. The Morgan fingerprint density at radius 1 is 1.24 bits per heavy atom. The highest BCUT2D eigenvalue weighted by Crippen LogP contribution is 2.63. The molecule has 0 unspecified atom stereocenters. The molecule has 0 bridgehead atoms. The zero-order valence-electron chi connectivity index (χ0n) is 12.7. The molecule has 2 N–H and O–H groups in total. The van der Waals surface area contributed by atoms with Crippen molar-refractivity contribution in [2.75, 3.05) is 0 Å². The Morgan fingerprint density at radius 3 is 2.81 bits per heavy atom. The van der Waals surface area contributed by atoms with Crippen LogP contribution in [0.2, 0.25) is 0 Å². The van der Waals surface area contributed by atoms with E-state index in [1.807, 2.05) is 6.07 Å². The molecule has 0 amide bonds. The first-order valence-electron chi connectivity index (χ1n) is 8.13. The van der Waals surface area contributed by atoms with Crippen molar-refractivity contribution in [2.45, 2.75) is 50.7 Å². The topological polar surface area (TPSA) is 40.5 Å². The quantitative estimate of drug-likeness (QED) is 0.718. The summed E-state index contributed by atoms with van der Waals surface area (Å²) in [5, 5.41) is 22.0. The van der Waals surface area contributed by atoms with Gasteiger partial charge in [0.15, 0.2) is 0 Å². The molecular weight excluding hydrogens is 260 g/mol. The lowest BCUT2D eigenvalue weighted by molar-refractivity contribution is -0.136. The van der Waals surface area contributed by atoms with Crippen LogP contribution < -0.4 is 0 Å². The molecule has 2 saturated carbocycles. The van der Waals surface area contributed by atoms with Gasteiger partial charge >= 0.3 is 0 Å². The van der Waals surface area contributed by atoms with Crippen LogP contribution in [0, 0.1) is 17.3 Å². The number of aliphatic hydroxyl groups excluding tert-OH is 1. The summed E-state index contributed by atoms with van der Waals surface area (Å²) in [6.07, 6.45) is 4.07. The molecule has 1 aromatic carbocycles. The summed E-state index contributed by atoms with van der Waals surface area (Å²) in [5.41, 5.74) is 2.74. The van der Waals surface area contributed by atoms with Crippen LogP contribution in [0.3, 0.4) is 0 Å². The van der Waals surface area contributed by atoms with E-state index in [9.17, 15) is 10.2 Å². The molecule has 5 atom stereocenters. The third-order valence-corrected chi connectivity index (χ3v) is 6.64. The molecule has 2 heteroatoms. The van der Waals surface area contributed by atoms with Gasteiger partial charge in [-0.15, -0.1) is 0 Å². The smallest absolute Gasteiger partial charge is 0.0933 e. The molecule has 0 aliphatic heterocycles. The van der Waals surface area contributed by atoms with E-state index in [0.29, 0.717) is 6.42 Å². The zero-order valence-corrected chi connectivity index (χ0v) is 12.7. The number of rotatable bonds is 0.